The van der Waals surface area contributed by atoms with Gasteiger partial charge in [0.2, 0.25) is 5.91 Å². The van der Waals surface area contributed by atoms with Crippen LogP contribution in [0.15, 0.2) is 0 Å². The minimum atomic E-state index is -0.202. The van der Waals surface area contributed by atoms with E-state index < -0.39 is 0 Å². The first-order valence-electron chi connectivity index (χ1n) is 8.68. The lowest BCUT2D eigenvalue weighted by Gasteiger charge is -2.34. The molecule has 1 N–H and O–H groups in total. The first-order valence-corrected chi connectivity index (χ1v) is 8.68. The van der Waals surface area contributed by atoms with E-state index in [0.717, 1.165) is 25.2 Å². The maximum Gasteiger partial charge on any atom is 0.244 e. The van der Waals surface area contributed by atoms with E-state index in [0.29, 0.717) is 17.9 Å². The van der Waals surface area contributed by atoms with Crippen molar-refractivity contribution in [2.75, 3.05) is 0 Å². The van der Waals surface area contributed by atoms with Crippen LogP contribution in [0.4, 0.5) is 0 Å². The Morgan fingerprint density at radius 1 is 1.30 bits per heavy atom. The molecule has 3 rings (SSSR count). The maximum atomic E-state index is 13.1. The summed E-state index contributed by atoms with van der Waals surface area (Å²) in [5.74, 6) is 1.80. The second kappa shape index (κ2) is 5.32. The summed E-state index contributed by atoms with van der Waals surface area (Å²) in [6.07, 6.45) is 9.84. The van der Waals surface area contributed by atoms with Gasteiger partial charge < -0.3 is 4.90 Å². The Bertz CT molecular complexity index is 369. The molecule has 3 aliphatic rings. The molecule has 3 fully saturated rings. The van der Waals surface area contributed by atoms with E-state index in [1.54, 1.807) is 0 Å². The van der Waals surface area contributed by atoms with Crippen molar-refractivity contribution in [2.24, 2.45) is 11.8 Å². The minimum absolute atomic E-state index is 0.202. The molecule has 0 aromatic carbocycles. The summed E-state index contributed by atoms with van der Waals surface area (Å²) >= 11 is 0. The largest absolute Gasteiger partial charge is 0.322 e. The van der Waals surface area contributed by atoms with Gasteiger partial charge in [-0.1, -0.05) is 46.5 Å². The van der Waals surface area contributed by atoms with Gasteiger partial charge >= 0.3 is 0 Å². The lowest BCUT2D eigenvalue weighted by molar-refractivity contribution is -0.136. The second-order valence-electron chi connectivity index (χ2n) is 7.58. The van der Waals surface area contributed by atoms with Gasteiger partial charge in [0.05, 0.1) is 11.7 Å². The fraction of sp³-hybridized carbons (Fsp3) is 0.941. The average molecular weight is 278 g/mol. The Morgan fingerprint density at radius 2 is 1.95 bits per heavy atom. The van der Waals surface area contributed by atoms with Crippen molar-refractivity contribution in [3.8, 4) is 0 Å². The van der Waals surface area contributed by atoms with Gasteiger partial charge in [0.1, 0.15) is 0 Å². The number of hydrogen-bond donors (Lipinski definition) is 1. The maximum absolute atomic E-state index is 13.1. The van der Waals surface area contributed by atoms with Crippen molar-refractivity contribution in [1.82, 2.24) is 10.2 Å². The fourth-order valence-corrected chi connectivity index (χ4v) is 4.22. The van der Waals surface area contributed by atoms with Crippen LogP contribution in [0.3, 0.4) is 0 Å². The van der Waals surface area contributed by atoms with Crippen molar-refractivity contribution in [1.29, 1.82) is 0 Å². The number of rotatable bonds is 5. The molecule has 20 heavy (non-hydrogen) atoms. The van der Waals surface area contributed by atoms with E-state index in [1.165, 1.54) is 32.1 Å². The van der Waals surface area contributed by atoms with Gasteiger partial charge in [-0.15, -0.1) is 0 Å². The van der Waals surface area contributed by atoms with Crippen LogP contribution >= 0.6 is 0 Å². The zero-order valence-corrected chi connectivity index (χ0v) is 13.3. The standard InChI is InChI=1S/C17H30N2O/c1-4-14(11-13-7-8-13)19-15(12(2)3)18-17(16(19)20)9-5-6-10-17/h12-15,18H,4-11H2,1-3H3. The smallest absolute Gasteiger partial charge is 0.244 e. The summed E-state index contributed by atoms with van der Waals surface area (Å²) in [7, 11) is 0. The van der Waals surface area contributed by atoms with E-state index in [2.05, 4.69) is 31.0 Å². The van der Waals surface area contributed by atoms with Crippen LogP contribution in [-0.2, 0) is 4.79 Å². The number of nitrogens with one attached hydrogen (secondary N) is 1. The molecule has 2 unspecified atom stereocenters. The van der Waals surface area contributed by atoms with E-state index in [1.807, 2.05) is 0 Å². The van der Waals surface area contributed by atoms with Crippen LogP contribution in [-0.4, -0.2) is 28.6 Å². The van der Waals surface area contributed by atoms with Gasteiger partial charge in [-0.3, -0.25) is 10.1 Å². The highest BCUT2D eigenvalue weighted by atomic mass is 16.2. The molecule has 114 valence electrons. The van der Waals surface area contributed by atoms with Gasteiger partial charge in [-0.25, -0.2) is 0 Å². The van der Waals surface area contributed by atoms with Crippen molar-refractivity contribution < 1.29 is 4.79 Å². The second-order valence-corrected chi connectivity index (χ2v) is 7.58. The molecule has 3 heteroatoms. The lowest BCUT2D eigenvalue weighted by atomic mass is 9.96. The van der Waals surface area contributed by atoms with E-state index in [4.69, 9.17) is 0 Å². The highest BCUT2D eigenvalue weighted by Gasteiger charge is 2.54. The topological polar surface area (TPSA) is 32.3 Å². The Labute approximate surface area is 123 Å². The summed E-state index contributed by atoms with van der Waals surface area (Å²) in [5, 5.41) is 3.75. The fourth-order valence-electron chi connectivity index (χ4n) is 4.22. The first kappa shape index (κ1) is 14.4. The molecule has 1 saturated heterocycles. The molecule has 0 aromatic heterocycles. The van der Waals surface area contributed by atoms with Gasteiger partial charge in [-0.2, -0.15) is 0 Å². The van der Waals surface area contributed by atoms with E-state index in [-0.39, 0.29) is 11.7 Å². The monoisotopic (exact) mass is 278 g/mol. The van der Waals surface area contributed by atoms with Crippen LogP contribution in [0.5, 0.6) is 0 Å². The molecule has 0 radical (unpaired) electrons. The van der Waals surface area contributed by atoms with Crippen molar-refractivity contribution in [2.45, 2.75) is 89.9 Å². The van der Waals surface area contributed by atoms with E-state index in [9.17, 15) is 4.79 Å². The molecule has 1 aliphatic heterocycles. The third-order valence-corrected chi connectivity index (χ3v) is 5.62. The Morgan fingerprint density at radius 3 is 2.45 bits per heavy atom. The van der Waals surface area contributed by atoms with Gasteiger partial charge in [-0.05, 0) is 37.5 Å². The molecule has 0 bridgehead atoms. The Hall–Kier alpha value is -0.570. The third-order valence-electron chi connectivity index (χ3n) is 5.62. The van der Waals surface area contributed by atoms with E-state index >= 15 is 0 Å². The third kappa shape index (κ3) is 2.38. The number of carbonyl (C=O) groups excluding carboxylic acids is 1. The molecule has 0 aromatic rings. The number of carbonyl (C=O) groups is 1. The first-order chi connectivity index (χ1) is 9.57. The summed E-state index contributed by atoms with van der Waals surface area (Å²) in [6, 6.07) is 0.454. The number of nitrogens with zero attached hydrogens (tertiary/aromatic N) is 1. The summed E-state index contributed by atoms with van der Waals surface area (Å²) in [5.41, 5.74) is -0.202. The average Bonchev–Trinajstić information content (AvgIpc) is 3.04. The summed E-state index contributed by atoms with van der Waals surface area (Å²) in [4.78, 5) is 15.4. The molecule has 2 saturated carbocycles. The SMILES string of the molecule is CCC(CC1CC1)N1C(=O)C2(CCCC2)NC1C(C)C. The highest BCUT2D eigenvalue weighted by molar-refractivity contribution is 5.89. The van der Waals surface area contributed by atoms with Crippen LogP contribution in [0.25, 0.3) is 0 Å². The Kier molecular flexibility index (Phi) is 3.83. The highest BCUT2D eigenvalue weighted by Crippen LogP contribution is 2.42. The van der Waals surface area contributed by atoms with Crippen molar-refractivity contribution >= 4 is 5.91 Å². The molecule has 1 heterocycles. The summed E-state index contributed by atoms with van der Waals surface area (Å²) in [6.45, 7) is 6.74. The van der Waals surface area contributed by atoms with Gasteiger partial charge in [0.15, 0.2) is 0 Å². The molecular formula is C17H30N2O. The van der Waals surface area contributed by atoms with Crippen LogP contribution in [0, 0.1) is 11.8 Å². The molecule has 3 nitrogen and oxygen atoms in total. The predicted molar refractivity (Wildman–Crippen MR) is 81.2 cm³/mol. The number of hydrogen-bond acceptors (Lipinski definition) is 2. The zero-order valence-electron chi connectivity index (χ0n) is 13.3. The predicted octanol–water partition coefficient (Wildman–Crippen LogP) is 3.29. The van der Waals surface area contributed by atoms with Crippen molar-refractivity contribution in [3.05, 3.63) is 0 Å². The van der Waals surface area contributed by atoms with Crippen LogP contribution in [0.2, 0.25) is 0 Å². The molecule has 1 spiro atoms. The normalized spacial score (nSPS) is 30.7. The lowest BCUT2D eigenvalue weighted by Crippen LogP contribution is -2.47. The molecule has 1 amide bonds. The van der Waals surface area contributed by atoms with Crippen LogP contribution < -0.4 is 5.32 Å². The van der Waals surface area contributed by atoms with Gasteiger partial charge in [0, 0.05) is 6.04 Å². The van der Waals surface area contributed by atoms with Crippen molar-refractivity contribution in [3.63, 3.8) is 0 Å². The molecule has 2 aliphatic carbocycles. The minimum Gasteiger partial charge on any atom is -0.322 e. The number of amides is 1. The quantitative estimate of drug-likeness (QED) is 0.837. The molecule has 2 atom stereocenters. The zero-order chi connectivity index (χ0) is 14.3. The Balaban J connectivity index is 1.82. The van der Waals surface area contributed by atoms with Crippen LogP contribution in [0.1, 0.15) is 72.1 Å². The van der Waals surface area contributed by atoms with Gasteiger partial charge in [0.25, 0.3) is 0 Å². The summed E-state index contributed by atoms with van der Waals surface area (Å²) < 4.78 is 0. The molecular weight excluding hydrogens is 248 g/mol.